The van der Waals surface area contributed by atoms with Gasteiger partial charge in [-0.15, -0.1) is 0 Å². The molecule has 2 N–H and O–H groups in total. The Bertz CT molecular complexity index is 371. The zero-order valence-corrected chi connectivity index (χ0v) is 17.1. The van der Waals surface area contributed by atoms with Crippen molar-refractivity contribution in [1.29, 1.82) is 0 Å². The number of hydrogen-bond acceptors (Lipinski definition) is 2. The lowest BCUT2D eigenvalue weighted by Crippen LogP contribution is -2.56. The second kappa shape index (κ2) is 14.2. The molecule has 0 aromatic carbocycles. The molecular weight excluding hydrogens is 314 g/mol. The molecule has 0 amide bonds. The number of carboxylic acid groups (broad SMARTS) is 1. The minimum Gasteiger partial charge on any atom is -0.507 e. The van der Waals surface area contributed by atoms with Crippen molar-refractivity contribution in [2.45, 2.75) is 104 Å². The molecule has 25 heavy (non-hydrogen) atoms. The van der Waals surface area contributed by atoms with Gasteiger partial charge in [0, 0.05) is 12.8 Å². The molecule has 1 unspecified atom stereocenters. The van der Waals surface area contributed by atoms with E-state index in [4.69, 9.17) is 0 Å². The molecule has 0 radical (unpaired) electrons. The lowest BCUT2D eigenvalue weighted by molar-refractivity contribution is -0.897. The van der Waals surface area contributed by atoms with Crippen LogP contribution >= 0.6 is 0 Å². The minimum atomic E-state index is -0.732. The smallest absolute Gasteiger partial charge is 0.362 e. The predicted octanol–water partition coefficient (Wildman–Crippen LogP) is 6.03. The van der Waals surface area contributed by atoms with E-state index in [9.17, 15) is 15.0 Å². The summed E-state index contributed by atoms with van der Waals surface area (Å²) in [6, 6.07) is -0.458. The van der Waals surface area contributed by atoms with Crippen molar-refractivity contribution in [2.75, 3.05) is 13.1 Å². The van der Waals surface area contributed by atoms with Crippen LogP contribution in [-0.4, -0.2) is 39.8 Å². The van der Waals surface area contributed by atoms with Crippen LogP contribution in [0.2, 0.25) is 0 Å². The van der Waals surface area contributed by atoms with E-state index in [0.717, 1.165) is 58.0 Å². The van der Waals surface area contributed by atoms with Gasteiger partial charge in [-0.1, -0.05) is 59.8 Å². The Labute approximate surface area is 155 Å². The van der Waals surface area contributed by atoms with E-state index < -0.39 is 12.0 Å². The number of quaternary nitrogens is 1. The van der Waals surface area contributed by atoms with Crippen molar-refractivity contribution in [3.05, 3.63) is 12.0 Å². The van der Waals surface area contributed by atoms with Gasteiger partial charge in [-0.2, -0.15) is 0 Å². The van der Waals surface area contributed by atoms with Crippen LogP contribution in [0.4, 0.5) is 0 Å². The van der Waals surface area contributed by atoms with Crippen molar-refractivity contribution in [2.24, 2.45) is 0 Å². The van der Waals surface area contributed by atoms with Gasteiger partial charge in [-0.25, -0.2) is 4.79 Å². The van der Waals surface area contributed by atoms with Gasteiger partial charge >= 0.3 is 5.97 Å². The van der Waals surface area contributed by atoms with E-state index >= 15 is 0 Å². The molecular formula is C21H42NO3+. The van der Waals surface area contributed by atoms with E-state index in [1.54, 1.807) is 0 Å². The van der Waals surface area contributed by atoms with Gasteiger partial charge in [0.25, 0.3) is 0 Å². The van der Waals surface area contributed by atoms with Crippen molar-refractivity contribution < 1.29 is 19.5 Å². The number of rotatable bonds is 16. The highest BCUT2D eigenvalue weighted by Crippen LogP contribution is 2.25. The minimum absolute atomic E-state index is 0.380. The highest BCUT2D eigenvalue weighted by atomic mass is 16.4. The summed E-state index contributed by atoms with van der Waals surface area (Å²) in [5.74, 6) is -0.352. The fourth-order valence-corrected chi connectivity index (χ4v) is 3.52. The highest BCUT2D eigenvalue weighted by Gasteiger charge is 2.40. The summed E-state index contributed by atoms with van der Waals surface area (Å²) < 4.78 is 0.407. The molecule has 148 valence electrons. The number of hydrogen-bond donors (Lipinski definition) is 2. The summed E-state index contributed by atoms with van der Waals surface area (Å²) >= 11 is 0. The van der Waals surface area contributed by atoms with Gasteiger partial charge in [-0.3, -0.25) is 4.48 Å². The van der Waals surface area contributed by atoms with Gasteiger partial charge < -0.3 is 10.2 Å². The van der Waals surface area contributed by atoms with E-state index in [0.29, 0.717) is 23.1 Å². The third-order valence-electron chi connectivity index (χ3n) is 5.02. The predicted molar refractivity (Wildman–Crippen MR) is 106 cm³/mol. The Kier molecular flexibility index (Phi) is 13.6. The van der Waals surface area contributed by atoms with Crippen molar-refractivity contribution in [3.63, 3.8) is 0 Å². The second-order valence-corrected chi connectivity index (χ2v) is 7.33. The Balaban J connectivity index is 5.50. The molecule has 4 heteroatoms. The number of allylic oxidation sites excluding steroid dienone is 1. The number of aliphatic carboxylic acids is 1. The van der Waals surface area contributed by atoms with Crippen LogP contribution < -0.4 is 0 Å². The Morgan fingerprint density at radius 1 is 0.840 bits per heavy atom. The first kappa shape index (κ1) is 24.0. The number of carboxylic acids is 1. The molecule has 0 spiro atoms. The van der Waals surface area contributed by atoms with E-state index in [1.807, 2.05) is 13.1 Å². The Morgan fingerprint density at radius 3 is 1.84 bits per heavy atom. The second-order valence-electron chi connectivity index (χ2n) is 7.33. The molecule has 0 aliphatic heterocycles. The van der Waals surface area contributed by atoms with Gasteiger partial charge in [0.15, 0.2) is 6.04 Å². The van der Waals surface area contributed by atoms with Gasteiger partial charge in [0.1, 0.15) is 12.0 Å². The number of carbonyl (C=O) groups is 1. The monoisotopic (exact) mass is 356 g/mol. The summed E-state index contributed by atoms with van der Waals surface area (Å²) in [4.78, 5) is 12.0. The van der Waals surface area contributed by atoms with Crippen molar-refractivity contribution in [1.82, 2.24) is 0 Å². The number of aliphatic hydroxyl groups is 1. The third kappa shape index (κ3) is 9.29. The third-order valence-corrected chi connectivity index (χ3v) is 5.02. The van der Waals surface area contributed by atoms with Crippen molar-refractivity contribution >= 4 is 5.97 Å². The van der Waals surface area contributed by atoms with Crippen LogP contribution in [0.5, 0.6) is 0 Å². The first-order valence-electron chi connectivity index (χ1n) is 10.5. The molecule has 0 heterocycles. The molecule has 0 bridgehead atoms. The standard InChI is InChI=1S/C21H41NO3/c1-5-9-12-13-15-19(23)18-22(16-10-6-2,17-11-7-3)20(14-8-4)21(24)25/h18,20H,5-17H2,1-4H3,(H-,23,24,25)/p+1/b19-18+. The summed E-state index contributed by atoms with van der Waals surface area (Å²) in [7, 11) is 0. The highest BCUT2D eigenvalue weighted by molar-refractivity contribution is 5.72. The maximum atomic E-state index is 12.0. The van der Waals surface area contributed by atoms with Crippen LogP contribution in [-0.2, 0) is 4.79 Å². The fourth-order valence-electron chi connectivity index (χ4n) is 3.52. The van der Waals surface area contributed by atoms with Gasteiger partial charge in [0.2, 0.25) is 0 Å². The molecule has 0 rings (SSSR count). The average Bonchev–Trinajstić information content (AvgIpc) is 2.59. The van der Waals surface area contributed by atoms with Gasteiger partial charge in [0.05, 0.1) is 13.1 Å². The lowest BCUT2D eigenvalue weighted by atomic mass is 10.0. The molecule has 0 saturated heterocycles. The number of nitrogens with zero attached hydrogens (tertiary/aromatic N) is 1. The summed E-state index contributed by atoms with van der Waals surface area (Å²) in [5, 5.41) is 20.4. The molecule has 0 aromatic heterocycles. The number of aliphatic hydroxyl groups excluding tert-OH is 1. The summed E-state index contributed by atoms with van der Waals surface area (Å²) in [6.07, 6.45) is 12.6. The first-order chi connectivity index (χ1) is 12.0. The van der Waals surface area contributed by atoms with E-state index in [2.05, 4.69) is 20.8 Å². The topological polar surface area (TPSA) is 57.5 Å². The molecule has 0 saturated carbocycles. The maximum absolute atomic E-state index is 12.0. The Hall–Kier alpha value is -1.03. The Morgan fingerprint density at radius 2 is 1.40 bits per heavy atom. The average molecular weight is 357 g/mol. The normalized spacial score (nSPS) is 13.8. The van der Waals surface area contributed by atoms with Crippen LogP contribution in [0.3, 0.4) is 0 Å². The molecule has 0 aromatic rings. The SMILES string of the molecule is CCCCCC/C(O)=C\[N+](CCCC)(CCCC)C(CCC)C(=O)O. The van der Waals surface area contributed by atoms with E-state index in [-0.39, 0.29) is 0 Å². The quantitative estimate of drug-likeness (QED) is 0.202. The van der Waals surface area contributed by atoms with Crippen LogP contribution in [0.25, 0.3) is 0 Å². The van der Waals surface area contributed by atoms with E-state index in [1.165, 1.54) is 12.8 Å². The molecule has 0 aliphatic rings. The molecule has 0 aliphatic carbocycles. The molecule has 1 atom stereocenters. The lowest BCUT2D eigenvalue weighted by Gasteiger charge is -2.40. The van der Waals surface area contributed by atoms with Gasteiger partial charge in [-0.05, 0) is 25.7 Å². The number of unbranched alkanes of at least 4 members (excludes halogenated alkanes) is 5. The zero-order valence-electron chi connectivity index (χ0n) is 17.1. The molecule has 0 fully saturated rings. The fraction of sp³-hybridized carbons (Fsp3) is 0.857. The summed E-state index contributed by atoms with van der Waals surface area (Å²) in [5.41, 5.74) is 0. The maximum Gasteiger partial charge on any atom is 0.362 e. The summed E-state index contributed by atoms with van der Waals surface area (Å²) in [6.45, 7) is 10.1. The zero-order chi connectivity index (χ0) is 19.1. The first-order valence-corrected chi connectivity index (χ1v) is 10.5. The van der Waals surface area contributed by atoms with Crippen LogP contribution in [0, 0.1) is 0 Å². The van der Waals surface area contributed by atoms with Crippen molar-refractivity contribution in [3.8, 4) is 0 Å². The largest absolute Gasteiger partial charge is 0.507 e. The molecule has 4 nitrogen and oxygen atoms in total. The van der Waals surface area contributed by atoms with Crippen LogP contribution in [0.15, 0.2) is 12.0 Å². The van der Waals surface area contributed by atoms with Crippen LogP contribution in [0.1, 0.15) is 98.3 Å².